The maximum atomic E-state index is 14.8. The van der Waals surface area contributed by atoms with Gasteiger partial charge in [0.15, 0.2) is 11.5 Å². The maximum absolute atomic E-state index is 14.8. The molecule has 3 atom stereocenters. The number of benzene rings is 1. The first kappa shape index (κ1) is 28.6. The Hall–Kier alpha value is -4.53. The minimum Gasteiger partial charge on any atom is -0.318 e. The lowest BCUT2D eigenvalue weighted by Crippen LogP contribution is -2.29. The summed E-state index contributed by atoms with van der Waals surface area (Å²) in [4.78, 5) is 42.8. The Morgan fingerprint density at radius 3 is 2.47 bits per heavy atom. The zero-order chi connectivity index (χ0) is 30.6. The second-order valence-electron chi connectivity index (χ2n) is 10.1. The normalized spacial score (nSPS) is 18.3. The molecule has 1 N–H and O–H groups in total. The van der Waals surface area contributed by atoms with E-state index in [1.807, 2.05) is 0 Å². The fourth-order valence-electron chi connectivity index (χ4n) is 4.95. The van der Waals surface area contributed by atoms with Crippen LogP contribution in [-0.2, 0) is 4.79 Å². The van der Waals surface area contributed by atoms with Gasteiger partial charge in [-0.2, -0.15) is 5.10 Å². The van der Waals surface area contributed by atoms with Gasteiger partial charge < -0.3 is 5.32 Å². The molecule has 1 unspecified atom stereocenters. The predicted octanol–water partition coefficient (Wildman–Crippen LogP) is 5.64. The number of piperidine rings is 1. The molecule has 0 radical (unpaired) electrons. The molecule has 43 heavy (non-hydrogen) atoms. The molecule has 3 aromatic heterocycles. The Balaban J connectivity index is 1.22. The first-order valence-electron chi connectivity index (χ1n) is 12.9. The van der Waals surface area contributed by atoms with E-state index in [0.717, 1.165) is 18.6 Å². The number of rotatable bonds is 8. The summed E-state index contributed by atoms with van der Waals surface area (Å²) in [5, 5.41) is 6.07. The van der Waals surface area contributed by atoms with E-state index in [1.54, 1.807) is 24.2 Å². The van der Waals surface area contributed by atoms with Crippen molar-refractivity contribution >= 4 is 35.1 Å². The summed E-state index contributed by atoms with van der Waals surface area (Å²) in [7, 11) is 0. The smallest absolute Gasteiger partial charge is 0.282 e. The minimum absolute atomic E-state index is 0.0237. The monoisotopic (exact) mass is 618 g/mol. The van der Waals surface area contributed by atoms with Crippen LogP contribution in [0.2, 0.25) is 5.02 Å². The van der Waals surface area contributed by atoms with Crippen LogP contribution >= 0.6 is 11.6 Å². The van der Waals surface area contributed by atoms with Crippen molar-refractivity contribution in [3.63, 3.8) is 0 Å². The minimum atomic E-state index is -3.26. The van der Waals surface area contributed by atoms with Crippen LogP contribution in [0.3, 0.4) is 0 Å². The number of anilines is 2. The number of hydrogen-bond donors (Lipinski definition) is 1. The highest BCUT2D eigenvalue weighted by atomic mass is 35.5. The van der Waals surface area contributed by atoms with E-state index in [0.29, 0.717) is 30.2 Å². The molecule has 2 fully saturated rings. The van der Waals surface area contributed by atoms with Gasteiger partial charge in [0.2, 0.25) is 11.9 Å². The van der Waals surface area contributed by atoms with Gasteiger partial charge in [-0.15, -0.1) is 0 Å². The van der Waals surface area contributed by atoms with Crippen LogP contribution in [0.1, 0.15) is 59.5 Å². The second-order valence-corrected chi connectivity index (χ2v) is 10.5. The first-order valence-corrected chi connectivity index (χ1v) is 13.3. The Bertz CT molecular complexity index is 1740. The molecule has 10 nitrogen and oxygen atoms in total. The molecule has 1 aromatic carbocycles. The molecule has 1 saturated heterocycles. The van der Waals surface area contributed by atoms with Crippen LogP contribution in [0.15, 0.2) is 43.1 Å². The Morgan fingerprint density at radius 1 is 1.07 bits per heavy atom. The number of carbonyl (C=O) groups excluding carboxylic acids is 2. The van der Waals surface area contributed by atoms with E-state index in [-0.39, 0.29) is 17.5 Å². The van der Waals surface area contributed by atoms with Gasteiger partial charge in [-0.3, -0.25) is 24.2 Å². The number of aromatic nitrogens is 6. The van der Waals surface area contributed by atoms with Crippen LogP contribution in [-0.4, -0.2) is 48.1 Å². The third-order valence-corrected chi connectivity index (χ3v) is 7.69. The van der Waals surface area contributed by atoms with Crippen molar-refractivity contribution in [2.24, 2.45) is 11.8 Å². The summed E-state index contributed by atoms with van der Waals surface area (Å²) < 4.78 is 70.9. The van der Waals surface area contributed by atoms with Crippen molar-refractivity contribution in [2.45, 2.75) is 32.2 Å². The molecule has 0 bridgehead atoms. The summed E-state index contributed by atoms with van der Waals surface area (Å²) in [6, 6.07) is 1.36. The fourth-order valence-corrected chi connectivity index (χ4v) is 5.11. The number of halogens is 6. The summed E-state index contributed by atoms with van der Waals surface area (Å²) in [6.45, 7) is 2.37. The van der Waals surface area contributed by atoms with Gasteiger partial charge in [-0.25, -0.2) is 36.9 Å². The van der Waals surface area contributed by atoms with Gasteiger partial charge >= 0.3 is 0 Å². The molecular weight excluding hydrogens is 599 g/mol. The van der Waals surface area contributed by atoms with Crippen molar-refractivity contribution in [3.8, 4) is 11.3 Å². The molecule has 0 spiro atoms. The van der Waals surface area contributed by atoms with E-state index in [9.17, 15) is 31.5 Å². The molecule has 4 heterocycles. The SMILES string of the molecule is CC(c1cnc(N2C[C@H]3C[C@H]3C2=O)nc1)n1cc(NC(=O)c2nc(-c3c(C(F)F)ccc(Cl)c3F)cnc2C(F)F)cn1. The van der Waals surface area contributed by atoms with E-state index in [1.165, 1.54) is 17.1 Å². The van der Waals surface area contributed by atoms with Gasteiger partial charge in [0.25, 0.3) is 18.8 Å². The van der Waals surface area contributed by atoms with Crippen molar-refractivity contribution in [1.29, 1.82) is 0 Å². The molecule has 16 heteroatoms. The van der Waals surface area contributed by atoms with Gasteiger partial charge in [0, 0.05) is 47.7 Å². The number of alkyl halides is 4. The third kappa shape index (κ3) is 5.28. The predicted molar refractivity (Wildman–Crippen MR) is 142 cm³/mol. The van der Waals surface area contributed by atoms with Gasteiger partial charge in [-0.1, -0.05) is 17.7 Å². The quantitative estimate of drug-likeness (QED) is 0.254. The lowest BCUT2D eigenvalue weighted by molar-refractivity contribution is -0.118. The van der Waals surface area contributed by atoms with Crippen molar-refractivity contribution in [2.75, 3.05) is 16.8 Å². The highest BCUT2D eigenvalue weighted by molar-refractivity contribution is 6.31. The number of nitrogens with one attached hydrogen (secondary N) is 1. The zero-order valence-corrected chi connectivity index (χ0v) is 22.8. The summed E-state index contributed by atoms with van der Waals surface area (Å²) in [6.07, 6.45) is 0.957. The van der Waals surface area contributed by atoms with E-state index < -0.39 is 63.8 Å². The third-order valence-electron chi connectivity index (χ3n) is 7.40. The Kier molecular flexibility index (Phi) is 7.28. The van der Waals surface area contributed by atoms with Gasteiger partial charge in [0.05, 0.1) is 34.8 Å². The molecular formula is C27H20ClF5N8O2. The lowest BCUT2D eigenvalue weighted by Gasteiger charge is -2.17. The van der Waals surface area contributed by atoms with Gasteiger partial charge in [0.1, 0.15) is 5.69 Å². The van der Waals surface area contributed by atoms with Crippen molar-refractivity contribution in [3.05, 3.63) is 76.5 Å². The molecule has 4 aromatic rings. The topological polar surface area (TPSA) is 119 Å². The van der Waals surface area contributed by atoms with Crippen LogP contribution in [0, 0.1) is 17.7 Å². The molecule has 222 valence electrons. The molecule has 1 aliphatic heterocycles. The molecule has 6 rings (SSSR count). The summed E-state index contributed by atoms with van der Waals surface area (Å²) in [5.74, 6) is -1.64. The largest absolute Gasteiger partial charge is 0.318 e. The molecule has 1 aliphatic carbocycles. The van der Waals surface area contributed by atoms with Crippen LogP contribution in [0.4, 0.5) is 33.6 Å². The van der Waals surface area contributed by atoms with Crippen LogP contribution < -0.4 is 10.2 Å². The number of carbonyl (C=O) groups is 2. The average Bonchev–Trinajstić information content (AvgIpc) is 3.49. The molecule has 1 saturated carbocycles. The van der Waals surface area contributed by atoms with E-state index in [2.05, 4.69) is 30.4 Å². The zero-order valence-electron chi connectivity index (χ0n) is 22.1. The van der Waals surface area contributed by atoms with E-state index >= 15 is 0 Å². The lowest BCUT2D eigenvalue weighted by atomic mass is 10.0. The molecule has 2 aliphatic rings. The highest BCUT2D eigenvalue weighted by Crippen LogP contribution is 2.46. The number of hydrogen-bond acceptors (Lipinski definition) is 7. The van der Waals surface area contributed by atoms with E-state index in [4.69, 9.17) is 11.6 Å². The van der Waals surface area contributed by atoms with Crippen LogP contribution in [0.25, 0.3) is 11.3 Å². The molecule has 2 amide bonds. The Labute approximate surface area is 244 Å². The highest BCUT2D eigenvalue weighted by Gasteiger charge is 2.53. The average molecular weight is 619 g/mol. The Morgan fingerprint density at radius 2 is 1.81 bits per heavy atom. The number of amides is 2. The maximum Gasteiger partial charge on any atom is 0.282 e. The summed E-state index contributed by atoms with van der Waals surface area (Å²) >= 11 is 5.75. The summed E-state index contributed by atoms with van der Waals surface area (Å²) in [5.41, 5.74) is -3.34. The van der Waals surface area contributed by atoms with Crippen LogP contribution in [0.5, 0.6) is 0 Å². The number of fused-ring (bicyclic) bond motifs is 1. The standard InChI is InChI=1S/C27H20ClF5N8O2/c1-11(13-5-35-27(36-6-13)40-9-12-4-16(12)26(40)43)41-10-14(7-37-41)38-25(42)22-21(24(32)33)34-8-18(39-22)19-15(23(30)31)2-3-17(28)20(19)29/h2-3,5-8,10-12,16,23-24H,4,9H2,1H3,(H,38,42)/t11?,12-,16-/m1/s1. The number of nitrogens with zero attached hydrogens (tertiary/aromatic N) is 7. The second kappa shape index (κ2) is 10.9. The van der Waals surface area contributed by atoms with Crippen molar-refractivity contribution < 1.29 is 31.5 Å². The van der Waals surface area contributed by atoms with Gasteiger partial charge in [-0.05, 0) is 25.3 Å². The first-order chi connectivity index (χ1) is 20.5. The van der Waals surface area contributed by atoms with Crippen molar-refractivity contribution in [1.82, 2.24) is 29.7 Å². The fraction of sp³-hybridized carbons (Fsp3) is 0.296.